The third-order valence-electron chi connectivity index (χ3n) is 4.63. The third kappa shape index (κ3) is 2.77. The summed E-state index contributed by atoms with van der Waals surface area (Å²) in [6.07, 6.45) is 1.70. The normalized spacial score (nSPS) is 25.0. The number of methoxy groups -OCH3 is 1. The van der Waals surface area contributed by atoms with E-state index in [1.54, 1.807) is 11.8 Å². The number of piperazine rings is 1. The molecule has 0 spiro atoms. The van der Waals surface area contributed by atoms with Crippen molar-refractivity contribution in [2.45, 2.75) is 36.7 Å². The van der Waals surface area contributed by atoms with Crippen LogP contribution in [0.3, 0.4) is 0 Å². The average Bonchev–Trinajstić information content (AvgIpc) is 3.01. The maximum absolute atomic E-state index is 13.1. The molecule has 9 heteroatoms. The van der Waals surface area contributed by atoms with Crippen molar-refractivity contribution >= 4 is 39.1 Å². The van der Waals surface area contributed by atoms with Gasteiger partial charge in [0.2, 0.25) is 15.9 Å². The second kappa shape index (κ2) is 6.37. The lowest BCUT2D eigenvalue weighted by molar-refractivity contribution is -0.139. The molecule has 6 nitrogen and oxygen atoms in total. The molecule has 1 aromatic rings. The second-order valence-electron chi connectivity index (χ2n) is 6.00. The number of halogens is 2. The number of hydrogen-bond donors (Lipinski definition) is 0. The van der Waals surface area contributed by atoms with Gasteiger partial charge in [-0.1, -0.05) is 23.2 Å². The average molecular weight is 393 g/mol. The zero-order chi connectivity index (χ0) is 17.6. The molecule has 2 aliphatic rings. The topological polar surface area (TPSA) is 66.9 Å². The fraction of sp³-hybridized carbons (Fsp3) is 0.533. The quantitative estimate of drug-likeness (QED) is 0.791. The van der Waals surface area contributed by atoms with Gasteiger partial charge in [-0.2, -0.15) is 4.31 Å². The van der Waals surface area contributed by atoms with Gasteiger partial charge in [0.1, 0.15) is 16.7 Å². The van der Waals surface area contributed by atoms with E-state index < -0.39 is 16.1 Å². The van der Waals surface area contributed by atoms with Crippen LogP contribution in [0.4, 0.5) is 0 Å². The molecule has 0 unspecified atom stereocenters. The van der Waals surface area contributed by atoms with Crippen LogP contribution in [0.25, 0.3) is 0 Å². The van der Waals surface area contributed by atoms with Crippen LogP contribution in [0.15, 0.2) is 17.0 Å². The Morgan fingerprint density at radius 2 is 1.96 bits per heavy atom. The first kappa shape index (κ1) is 17.8. The first-order valence-corrected chi connectivity index (χ1v) is 9.82. The Morgan fingerprint density at radius 1 is 1.25 bits per heavy atom. The number of benzene rings is 1. The molecule has 0 aliphatic carbocycles. The molecular weight excluding hydrogens is 375 g/mol. The summed E-state index contributed by atoms with van der Waals surface area (Å²) in [6, 6.07) is 1.81. The SMILES string of the molecule is COc1cc(Cl)c(S(=O)(=O)N2C[C@H]3CCCN3C(=O)[C@@H]2C)cc1Cl. The van der Waals surface area contributed by atoms with Crippen molar-refractivity contribution in [2.75, 3.05) is 20.2 Å². The maximum Gasteiger partial charge on any atom is 0.245 e. The van der Waals surface area contributed by atoms with Crippen molar-refractivity contribution in [3.8, 4) is 5.75 Å². The van der Waals surface area contributed by atoms with Gasteiger partial charge in [0.25, 0.3) is 0 Å². The molecule has 132 valence electrons. The Morgan fingerprint density at radius 3 is 2.62 bits per heavy atom. The number of fused-ring (bicyclic) bond motifs is 1. The number of carbonyl (C=O) groups is 1. The number of nitrogens with zero attached hydrogens (tertiary/aromatic N) is 2. The first-order valence-electron chi connectivity index (χ1n) is 7.62. The summed E-state index contributed by atoms with van der Waals surface area (Å²) in [7, 11) is -2.52. The van der Waals surface area contributed by atoms with E-state index in [9.17, 15) is 13.2 Å². The van der Waals surface area contributed by atoms with Gasteiger partial charge in [-0.05, 0) is 25.8 Å². The lowest BCUT2D eigenvalue weighted by atomic mass is 10.1. The van der Waals surface area contributed by atoms with E-state index >= 15 is 0 Å². The van der Waals surface area contributed by atoms with Gasteiger partial charge >= 0.3 is 0 Å². The van der Waals surface area contributed by atoms with Gasteiger partial charge in [-0.15, -0.1) is 0 Å². The van der Waals surface area contributed by atoms with Gasteiger partial charge in [-0.3, -0.25) is 4.79 Å². The van der Waals surface area contributed by atoms with E-state index in [-0.39, 0.29) is 33.4 Å². The molecule has 24 heavy (non-hydrogen) atoms. The predicted molar refractivity (Wildman–Crippen MR) is 91.1 cm³/mol. The second-order valence-corrected chi connectivity index (χ2v) is 8.67. The van der Waals surface area contributed by atoms with E-state index in [0.717, 1.165) is 12.8 Å². The highest BCUT2D eigenvalue weighted by molar-refractivity contribution is 7.89. The molecule has 2 fully saturated rings. The predicted octanol–water partition coefficient (Wildman–Crippen LogP) is 2.39. The van der Waals surface area contributed by atoms with Crippen LogP contribution in [0.1, 0.15) is 19.8 Å². The highest BCUT2D eigenvalue weighted by atomic mass is 35.5. The van der Waals surface area contributed by atoms with Crippen molar-refractivity contribution in [2.24, 2.45) is 0 Å². The Bertz CT molecular complexity index is 784. The Balaban J connectivity index is 2.01. The van der Waals surface area contributed by atoms with E-state index in [0.29, 0.717) is 12.3 Å². The van der Waals surface area contributed by atoms with Crippen LogP contribution in [0.2, 0.25) is 10.0 Å². The van der Waals surface area contributed by atoms with E-state index in [2.05, 4.69) is 0 Å². The van der Waals surface area contributed by atoms with E-state index in [4.69, 9.17) is 27.9 Å². The summed E-state index contributed by atoms with van der Waals surface area (Å²) in [6.45, 7) is 2.57. The molecule has 3 rings (SSSR count). The lowest BCUT2D eigenvalue weighted by Crippen LogP contribution is -2.59. The number of amides is 1. The molecule has 2 saturated heterocycles. The molecule has 0 aromatic heterocycles. The van der Waals surface area contributed by atoms with Crippen molar-refractivity contribution in [3.05, 3.63) is 22.2 Å². The number of hydrogen-bond acceptors (Lipinski definition) is 4. The van der Waals surface area contributed by atoms with E-state index in [1.807, 2.05) is 0 Å². The van der Waals surface area contributed by atoms with Crippen molar-refractivity contribution in [1.82, 2.24) is 9.21 Å². The summed E-state index contributed by atoms with van der Waals surface area (Å²) in [4.78, 5) is 14.2. The largest absolute Gasteiger partial charge is 0.495 e. The monoisotopic (exact) mass is 392 g/mol. The van der Waals surface area contributed by atoms with Crippen molar-refractivity contribution in [3.63, 3.8) is 0 Å². The summed E-state index contributed by atoms with van der Waals surface area (Å²) < 4.78 is 32.4. The third-order valence-corrected chi connectivity index (χ3v) is 7.33. The van der Waals surface area contributed by atoms with Gasteiger partial charge in [0.05, 0.1) is 17.2 Å². The molecule has 2 heterocycles. The highest BCUT2D eigenvalue weighted by Crippen LogP contribution is 2.37. The number of rotatable bonds is 3. The van der Waals surface area contributed by atoms with Crippen LogP contribution in [-0.4, -0.2) is 55.8 Å². The minimum Gasteiger partial charge on any atom is -0.495 e. The fourth-order valence-electron chi connectivity index (χ4n) is 3.34. The summed E-state index contributed by atoms with van der Waals surface area (Å²) in [5.41, 5.74) is 0. The molecule has 2 aliphatic heterocycles. The van der Waals surface area contributed by atoms with Crippen LogP contribution in [0, 0.1) is 0 Å². The smallest absolute Gasteiger partial charge is 0.245 e. The van der Waals surface area contributed by atoms with Crippen LogP contribution in [-0.2, 0) is 14.8 Å². The van der Waals surface area contributed by atoms with Gasteiger partial charge in [-0.25, -0.2) is 8.42 Å². The maximum atomic E-state index is 13.1. The Hall–Kier alpha value is -1.02. The Kier molecular flexibility index (Phi) is 4.72. The molecule has 0 bridgehead atoms. The lowest BCUT2D eigenvalue weighted by Gasteiger charge is -2.40. The molecule has 1 aromatic carbocycles. The van der Waals surface area contributed by atoms with Gasteiger partial charge < -0.3 is 9.64 Å². The number of ether oxygens (including phenoxy) is 1. The molecule has 0 radical (unpaired) electrons. The van der Waals surface area contributed by atoms with Gasteiger partial charge in [0.15, 0.2) is 0 Å². The van der Waals surface area contributed by atoms with Crippen molar-refractivity contribution in [1.29, 1.82) is 0 Å². The molecule has 0 saturated carbocycles. The Labute approximate surface area is 151 Å². The van der Waals surface area contributed by atoms with Crippen LogP contribution in [0.5, 0.6) is 5.75 Å². The summed E-state index contributed by atoms with van der Waals surface area (Å²) >= 11 is 12.2. The van der Waals surface area contributed by atoms with Crippen molar-refractivity contribution < 1.29 is 17.9 Å². The molecule has 1 amide bonds. The number of carbonyl (C=O) groups excluding carboxylic acids is 1. The van der Waals surface area contributed by atoms with Crippen LogP contribution < -0.4 is 4.74 Å². The minimum absolute atomic E-state index is 0.0183. The van der Waals surface area contributed by atoms with Crippen LogP contribution >= 0.6 is 23.2 Å². The van der Waals surface area contributed by atoms with Gasteiger partial charge in [0, 0.05) is 25.2 Å². The first-order chi connectivity index (χ1) is 11.3. The molecule has 0 N–H and O–H groups in total. The summed E-state index contributed by atoms with van der Waals surface area (Å²) in [5.74, 6) is 0.133. The highest BCUT2D eigenvalue weighted by Gasteiger charge is 2.45. The number of sulfonamides is 1. The standard InChI is InChI=1S/C15H18Cl2N2O4S/c1-9-15(20)18-5-3-4-10(18)8-19(9)24(21,22)14-7-11(16)13(23-2)6-12(14)17/h6-7,9-10H,3-5,8H2,1-2H3/t9-,10+/m0/s1. The zero-order valence-corrected chi connectivity index (χ0v) is 15.7. The minimum atomic E-state index is -3.95. The molecule has 2 atom stereocenters. The molecular formula is C15H18Cl2N2O4S. The summed E-state index contributed by atoms with van der Waals surface area (Å²) in [5, 5.41) is 0.170. The zero-order valence-electron chi connectivity index (χ0n) is 13.3. The fourth-order valence-corrected chi connectivity index (χ4v) is 5.79. The van der Waals surface area contributed by atoms with E-state index in [1.165, 1.54) is 23.5 Å².